The van der Waals surface area contributed by atoms with Gasteiger partial charge in [-0.15, -0.1) is 0 Å². The molecule has 1 aromatic heterocycles. The zero-order chi connectivity index (χ0) is 12.0. The fourth-order valence-electron chi connectivity index (χ4n) is 1.80. The molecule has 2 atom stereocenters. The maximum Gasteiger partial charge on any atom is 0.0618 e. The van der Waals surface area contributed by atoms with E-state index in [1.54, 1.807) is 18.4 Å². The third kappa shape index (κ3) is 4.64. The lowest BCUT2D eigenvalue weighted by Gasteiger charge is -2.25. The van der Waals surface area contributed by atoms with Gasteiger partial charge in [-0.3, -0.25) is 0 Å². The van der Waals surface area contributed by atoms with Gasteiger partial charge in [-0.1, -0.05) is 13.8 Å². The average molecular weight is 241 g/mol. The predicted octanol–water partition coefficient (Wildman–Crippen LogP) is 2.94. The van der Waals surface area contributed by atoms with Crippen LogP contribution in [0.1, 0.15) is 26.3 Å². The number of hydrogen-bond donors (Lipinski definition) is 1. The summed E-state index contributed by atoms with van der Waals surface area (Å²) in [6.07, 6.45) is 1.09. The van der Waals surface area contributed by atoms with E-state index in [1.165, 1.54) is 5.56 Å². The zero-order valence-corrected chi connectivity index (χ0v) is 11.5. The standard InChI is InChI=1S/C13H23NOS/c1-10(2)13(8-15-4)14-11(3)7-12-5-6-16-9-12/h5-6,9-11,13-14H,7-8H2,1-4H3. The summed E-state index contributed by atoms with van der Waals surface area (Å²) < 4.78 is 5.24. The second kappa shape index (κ2) is 7.05. The molecule has 0 fully saturated rings. The second-order valence-corrected chi connectivity index (χ2v) is 5.49. The molecule has 3 heteroatoms. The number of rotatable bonds is 7. The maximum absolute atomic E-state index is 5.24. The van der Waals surface area contributed by atoms with Crippen LogP contribution in [0.3, 0.4) is 0 Å². The summed E-state index contributed by atoms with van der Waals surface area (Å²) in [6.45, 7) is 7.48. The molecular formula is C13H23NOS. The Bertz CT molecular complexity index is 271. The first-order valence-electron chi connectivity index (χ1n) is 5.89. The molecule has 0 amide bonds. The molecule has 0 aliphatic heterocycles. The van der Waals surface area contributed by atoms with Gasteiger partial charge in [0.25, 0.3) is 0 Å². The van der Waals surface area contributed by atoms with Crippen molar-refractivity contribution >= 4 is 11.3 Å². The minimum Gasteiger partial charge on any atom is -0.383 e. The van der Waals surface area contributed by atoms with E-state index in [0.29, 0.717) is 18.0 Å². The quantitative estimate of drug-likeness (QED) is 0.792. The van der Waals surface area contributed by atoms with E-state index in [0.717, 1.165) is 13.0 Å². The molecule has 0 saturated heterocycles. The Hall–Kier alpha value is -0.380. The summed E-state index contributed by atoms with van der Waals surface area (Å²) in [4.78, 5) is 0. The fourth-order valence-corrected chi connectivity index (χ4v) is 2.48. The van der Waals surface area contributed by atoms with E-state index < -0.39 is 0 Å². The lowest BCUT2D eigenvalue weighted by Crippen LogP contribution is -2.43. The Balaban J connectivity index is 2.39. The molecule has 0 aromatic carbocycles. The van der Waals surface area contributed by atoms with Crippen LogP contribution in [0.4, 0.5) is 0 Å². The lowest BCUT2D eigenvalue weighted by molar-refractivity contribution is 0.141. The summed E-state index contributed by atoms with van der Waals surface area (Å²) in [6, 6.07) is 3.14. The van der Waals surface area contributed by atoms with Crippen LogP contribution in [0.5, 0.6) is 0 Å². The predicted molar refractivity (Wildman–Crippen MR) is 71.1 cm³/mol. The van der Waals surface area contributed by atoms with E-state index in [4.69, 9.17) is 4.74 Å². The van der Waals surface area contributed by atoms with Crippen LogP contribution < -0.4 is 5.32 Å². The molecule has 0 aliphatic carbocycles. The van der Waals surface area contributed by atoms with Gasteiger partial charge < -0.3 is 10.1 Å². The van der Waals surface area contributed by atoms with E-state index >= 15 is 0 Å². The van der Waals surface area contributed by atoms with Gasteiger partial charge in [-0.25, -0.2) is 0 Å². The van der Waals surface area contributed by atoms with Gasteiger partial charge in [0.15, 0.2) is 0 Å². The summed E-state index contributed by atoms with van der Waals surface area (Å²) in [5.74, 6) is 0.602. The van der Waals surface area contributed by atoms with E-state index in [9.17, 15) is 0 Å². The molecule has 0 bridgehead atoms. The van der Waals surface area contributed by atoms with Gasteiger partial charge in [-0.05, 0) is 41.7 Å². The molecule has 1 N–H and O–H groups in total. The first kappa shape index (κ1) is 13.7. The molecule has 2 nitrogen and oxygen atoms in total. The van der Waals surface area contributed by atoms with E-state index in [-0.39, 0.29) is 0 Å². The highest BCUT2D eigenvalue weighted by molar-refractivity contribution is 7.07. The van der Waals surface area contributed by atoms with Gasteiger partial charge in [0.05, 0.1) is 6.61 Å². The topological polar surface area (TPSA) is 21.3 Å². The molecule has 2 unspecified atom stereocenters. The Kier molecular flexibility index (Phi) is 6.03. The normalized spacial score (nSPS) is 15.3. The van der Waals surface area contributed by atoms with Crippen LogP contribution in [0, 0.1) is 5.92 Å². The number of ether oxygens (including phenoxy) is 1. The summed E-state index contributed by atoms with van der Waals surface area (Å²) >= 11 is 1.76. The highest BCUT2D eigenvalue weighted by atomic mass is 32.1. The Morgan fingerprint density at radius 1 is 1.38 bits per heavy atom. The van der Waals surface area contributed by atoms with Crippen molar-refractivity contribution in [1.29, 1.82) is 0 Å². The molecule has 1 aromatic rings. The van der Waals surface area contributed by atoms with Crippen molar-refractivity contribution in [3.05, 3.63) is 22.4 Å². The van der Waals surface area contributed by atoms with Gasteiger partial charge in [0, 0.05) is 19.2 Å². The van der Waals surface area contributed by atoms with Crippen molar-refractivity contribution in [2.24, 2.45) is 5.92 Å². The lowest BCUT2D eigenvalue weighted by atomic mass is 10.0. The Morgan fingerprint density at radius 2 is 2.12 bits per heavy atom. The molecule has 16 heavy (non-hydrogen) atoms. The fraction of sp³-hybridized carbons (Fsp3) is 0.692. The van der Waals surface area contributed by atoms with Crippen molar-refractivity contribution in [2.45, 2.75) is 39.3 Å². The van der Waals surface area contributed by atoms with Crippen molar-refractivity contribution in [2.75, 3.05) is 13.7 Å². The smallest absolute Gasteiger partial charge is 0.0618 e. The maximum atomic E-state index is 5.24. The number of thiophene rings is 1. The minimum absolute atomic E-state index is 0.443. The molecule has 0 spiro atoms. The third-order valence-electron chi connectivity index (χ3n) is 2.77. The third-order valence-corrected chi connectivity index (χ3v) is 3.50. The van der Waals surface area contributed by atoms with Crippen LogP contribution >= 0.6 is 11.3 Å². The molecule has 1 heterocycles. The Labute approximate surface area is 103 Å². The molecule has 0 aliphatic rings. The van der Waals surface area contributed by atoms with E-state index in [2.05, 4.69) is 42.9 Å². The molecule has 0 saturated carbocycles. The largest absolute Gasteiger partial charge is 0.383 e. The average Bonchev–Trinajstić information content (AvgIpc) is 2.69. The summed E-state index contributed by atoms with van der Waals surface area (Å²) in [5.41, 5.74) is 1.42. The number of hydrogen-bond acceptors (Lipinski definition) is 3. The second-order valence-electron chi connectivity index (χ2n) is 4.71. The van der Waals surface area contributed by atoms with Crippen LogP contribution in [0.25, 0.3) is 0 Å². The zero-order valence-electron chi connectivity index (χ0n) is 10.7. The van der Waals surface area contributed by atoms with Crippen molar-refractivity contribution in [1.82, 2.24) is 5.32 Å². The van der Waals surface area contributed by atoms with Crippen LogP contribution in [-0.4, -0.2) is 25.8 Å². The van der Waals surface area contributed by atoms with Gasteiger partial charge in [0.1, 0.15) is 0 Å². The molecule has 0 radical (unpaired) electrons. The number of nitrogens with one attached hydrogen (secondary N) is 1. The highest BCUT2D eigenvalue weighted by Gasteiger charge is 2.15. The Morgan fingerprint density at radius 3 is 2.62 bits per heavy atom. The first-order valence-corrected chi connectivity index (χ1v) is 6.83. The molecular weight excluding hydrogens is 218 g/mol. The van der Waals surface area contributed by atoms with E-state index in [1.807, 2.05) is 0 Å². The molecule has 1 rings (SSSR count). The van der Waals surface area contributed by atoms with Gasteiger partial charge >= 0.3 is 0 Å². The summed E-state index contributed by atoms with van der Waals surface area (Å²) in [5, 5.41) is 7.99. The monoisotopic (exact) mass is 241 g/mol. The molecule has 92 valence electrons. The van der Waals surface area contributed by atoms with Crippen molar-refractivity contribution < 1.29 is 4.74 Å². The van der Waals surface area contributed by atoms with Crippen molar-refractivity contribution in [3.8, 4) is 0 Å². The van der Waals surface area contributed by atoms with Gasteiger partial charge in [0.2, 0.25) is 0 Å². The SMILES string of the molecule is COCC(NC(C)Cc1ccsc1)C(C)C. The van der Waals surface area contributed by atoms with Crippen molar-refractivity contribution in [3.63, 3.8) is 0 Å². The van der Waals surface area contributed by atoms with Crippen LogP contribution in [0.2, 0.25) is 0 Å². The van der Waals surface area contributed by atoms with Crippen LogP contribution in [0.15, 0.2) is 16.8 Å². The highest BCUT2D eigenvalue weighted by Crippen LogP contribution is 2.10. The number of methoxy groups -OCH3 is 1. The van der Waals surface area contributed by atoms with Crippen LogP contribution in [-0.2, 0) is 11.2 Å². The minimum atomic E-state index is 0.443. The van der Waals surface area contributed by atoms with Gasteiger partial charge in [-0.2, -0.15) is 11.3 Å². The summed E-state index contributed by atoms with van der Waals surface area (Å²) in [7, 11) is 1.76. The first-order chi connectivity index (χ1) is 7.63.